The van der Waals surface area contributed by atoms with Crippen LogP contribution in [0.1, 0.15) is 33.4 Å². The van der Waals surface area contributed by atoms with Crippen LogP contribution in [0.2, 0.25) is 0 Å². The lowest BCUT2D eigenvalue weighted by molar-refractivity contribution is 0.336. The number of benzene rings is 5. The van der Waals surface area contributed by atoms with Gasteiger partial charge in [0.15, 0.2) is 6.35 Å². The fourth-order valence-corrected chi connectivity index (χ4v) is 7.42. The van der Waals surface area contributed by atoms with Crippen LogP contribution in [0.4, 0.5) is 0 Å². The van der Waals surface area contributed by atoms with Crippen LogP contribution in [-0.2, 0) is 5.41 Å². The van der Waals surface area contributed by atoms with Gasteiger partial charge in [-0.15, -0.1) is 0 Å². The summed E-state index contributed by atoms with van der Waals surface area (Å²) in [6.45, 7) is 4.10. The van der Waals surface area contributed by atoms with Crippen LogP contribution in [0.5, 0.6) is 40.2 Å². The smallest absolute Gasteiger partial charge is 0.331 e. The van der Waals surface area contributed by atoms with Crippen molar-refractivity contribution in [2.45, 2.75) is 19.3 Å². The van der Waals surface area contributed by atoms with Gasteiger partial charge in [-0.25, -0.2) is 0 Å². The van der Waals surface area contributed by atoms with Crippen molar-refractivity contribution in [3.05, 3.63) is 137 Å². The highest BCUT2D eigenvalue weighted by Gasteiger charge is 2.55. The van der Waals surface area contributed by atoms with E-state index >= 15 is 0 Å². The Balaban J connectivity index is 1.38. The maximum absolute atomic E-state index is 6.76. The summed E-state index contributed by atoms with van der Waals surface area (Å²) in [5.41, 5.74) is 5.31. The fraction of sp³-hybridized carbons (Fsp3) is 0.118. The van der Waals surface area contributed by atoms with Crippen LogP contribution in [0.3, 0.4) is 0 Å². The average Bonchev–Trinajstić information content (AvgIpc) is 2.96. The molecule has 0 radical (unpaired) electrons. The van der Waals surface area contributed by atoms with Gasteiger partial charge in [0, 0.05) is 11.1 Å². The molecular formula is C34H25O5P. The van der Waals surface area contributed by atoms with E-state index < -0.39 is 13.8 Å². The van der Waals surface area contributed by atoms with E-state index in [9.17, 15) is 0 Å². The van der Waals surface area contributed by atoms with Crippen LogP contribution in [0.25, 0.3) is 0 Å². The average molecular weight is 545 g/mol. The third-order valence-electron chi connectivity index (χ3n) is 7.87. The van der Waals surface area contributed by atoms with Crippen molar-refractivity contribution in [1.29, 1.82) is 0 Å². The maximum Gasteiger partial charge on any atom is 0.331 e. The summed E-state index contributed by atoms with van der Waals surface area (Å²) in [5, 5.41) is 0. The summed E-state index contributed by atoms with van der Waals surface area (Å²) in [6.07, 6.45) is 0.260. The van der Waals surface area contributed by atoms with E-state index in [2.05, 4.69) is 50.2 Å². The van der Waals surface area contributed by atoms with Crippen molar-refractivity contribution >= 4 is 8.38 Å². The van der Waals surface area contributed by atoms with Gasteiger partial charge in [0.2, 0.25) is 0 Å². The van der Waals surface area contributed by atoms with Gasteiger partial charge >= 0.3 is 8.38 Å². The quantitative estimate of drug-likeness (QED) is 0.208. The second kappa shape index (κ2) is 8.77. The van der Waals surface area contributed by atoms with E-state index in [4.69, 9.17) is 23.3 Å². The highest BCUT2D eigenvalue weighted by Crippen LogP contribution is 2.67. The molecule has 0 amide bonds. The number of rotatable bonds is 3. The van der Waals surface area contributed by atoms with Gasteiger partial charge in [-0.2, -0.15) is 0 Å². The van der Waals surface area contributed by atoms with Crippen LogP contribution in [0.15, 0.2) is 103 Å². The summed E-state index contributed by atoms with van der Waals surface area (Å²) >= 11 is 0. The van der Waals surface area contributed by atoms with Gasteiger partial charge in [-0.05, 0) is 61.4 Å². The third kappa shape index (κ3) is 3.25. The van der Waals surface area contributed by atoms with Gasteiger partial charge in [0.1, 0.15) is 40.2 Å². The number of aryl methyl sites for hydroxylation is 2. The number of hydrogen-bond acceptors (Lipinski definition) is 5. The number of para-hydroxylation sites is 3. The summed E-state index contributed by atoms with van der Waals surface area (Å²) in [6, 6.07) is 34.5. The fourth-order valence-electron chi connectivity index (χ4n) is 6.29. The van der Waals surface area contributed by atoms with E-state index in [-0.39, 0.29) is 6.35 Å². The van der Waals surface area contributed by atoms with Gasteiger partial charge in [-0.3, -0.25) is 0 Å². The SMILES string of the molecule is Cc1cccc(C)c1OCP1Oc2cccc3c2C2(c4ccccc4O3)c3ccccc3Oc3cccc(c32)O1. The van der Waals surface area contributed by atoms with Crippen molar-refractivity contribution in [1.82, 2.24) is 0 Å². The van der Waals surface area contributed by atoms with Gasteiger partial charge in [0.05, 0.1) is 16.5 Å². The molecule has 5 nitrogen and oxygen atoms in total. The molecule has 6 heteroatoms. The molecule has 196 valence electrons. The zero-order valence-corrected chi connectivity index (χ0v) is 22.9. The Labute approximate surface area is 233 Å². The highest BCUT2D eigenvalue weighted by molar-refractivity contribution is 7.47. The molecule has 0 fully saturated rings. The Morgan fingerprint density at radius 3 is 1.55 bits per heavy atom. The molecule has 0 unspecified atom stereocenters. The normalized spacial score (nSPS) is 15.2. The Hall–Kier alpha value is -4.47. The first-order valence-electron chi connectivity index (χ1n) is 13.3. The van der Waals surface area contributed by atoms with Crippen LogP contribution < -0.4 is 23.3 Å². The molecule has 3 aliphatic rings. The molecule has 3 heterocycles. The number of hydrogen-bond donors (Lipinski definition) is 0. The monoisotopic (exact) mass is 544 g/mol. The standard InChI is InChI=1S/C34H25O5P/c1-21-10-7-11-22(2)33(21)35-20-40-38-29-18-8-16-27-31(29)34(23-12-3-5-14-25(23)36-27)24-13-4-6-15-26(24)37-28-17-9-19-30(39-40)32(28)34/h3-19H,20H2,1-2H3. The molecule has 40 heavy (non-hydrogen) atoms. The van der Waals surface area contributed by atoms with E-state index in [1.165, 1.54) is 0 Å². The lowest BCUT2D eigenvalue weighted by atomic mass is 9.62. The van der Waals surface area contributed by atoms with Gasteiger partial charge in [-0.1, -0.05) is 66.7 Å². The van der Waals surface area contributed by atoms with Crippen molar-refractivity contribution in [3.63, 3.8) is 0 Å². The topological polar surface area (TPSA) is 46.2 Å². The number of fused-ring (bicyclic) bond motifs is 2. The lowest BCUT2D eigenvalue weighted by Crippen LogP contribution is -2.38. The minimum absolute atomic E-state index is 0.260. The van der Waals surface area contributed by atoms with Crippen LogP contribution in [0, 0.1) is 13.8 Å². The number of ether oxygens (including phenoxy) is 3. The van der Waals surface area contributed by atoms with E-state index in [1.54, 1.807) is 0 Å². The summed E-state index contributed by atoms with van der Waals surface area (Å²) in [7, 11) is -1.53. The second-order valence-electron chi connectivity index (χ2n) is 10.2. The molecule has 0 saturated heterocycles. The Kier molecular flexibility index (Phi) is 5.14. The minimum Gasteiger partial charge on any atom is -0.481 e. The Bertz CT molecular complexity index is 1690. The molecule has 0 aromatic heterocycles. The first-order chi connectivity index (χ1) is 19.6. The molecule has 0 saturated carbocycles. The van der Waals surface area contributed by atoms with E-state index in [0.29, 0.717) is 11.5 Å². The second-order valence-corrected chi connectivity index (χ2v) is 11.5. The lowest BCUT2D eigenvalue weighted by Gasteiger charge is -2.46. The zero-order chi connectivity index (χ0) is 26.8. The largest absolute Gasteiger partial charge is 0.481 e. The van der Waals surface area contributed by atoms with Crippen molar-refractivity contribution in [2.75, 3.05) is 6.35 Å². The maximum atomic E-state index is 6.76. The summed E-state index contributed by atoms with van der Waals surface area (Å²) < 4.78 is 33.0. The molecule has 8 rings (SSSR count). The molecule has 0 aliphatic carbocycles. The molecular weight excluding hydrogens is 519 g/mol. The van der Waals surface area contributed by atoms with Gasteiger partial charge < -0.3 is 23.3 Å². The predicted octanol–water partition coefficient (Wildman–Crippen LogP) is 9.02. The molecule has 5 aromatic rings. The first kappa shape index (κ1) is 23.4. The Morgan fingerprint density at radius 2 is 1.00 bits per heavy atom. The predicted molar refractivity (Wildman–Crippen MR) is 154 cm³/mol. The highest BCUT2D eigenvalue weighted by atomic mass is 31.2. The van der Waals surface area contributed by atoms with Crippen molar-refractivity contribution in [2.24, 2.45) is 0 Å². The van der Waals surface area contributed by atoms with Gasteiger partial charge in [0.25, 0.3) is 0 Å². The molecule has 5 aromatic carbocycles. The molecule has 1 spiro atoms. The molecule has 0 bridgehead atoms. The molecule has 0 N–H and O–H groups in total. The third-order valence-corrected chi connectivity index (χ3v) is 9.01. The van der Waals surface area contributed by atoms with Crippen molar-refractivity contribution < 1.29 is 23.3 Å². The van der Waals surface area contributed by atoms with Crippen molar-refractivity contribution in [3.8, 4) is 40.2 Å². The molecule has 3 aliphatic heterocycles. The zero-order valence-electron chi connectivity index (χ0n) is 22.0. The summed E-state index contributed by atoms with van der Waals surface area (Å²) in [5.74, 6) is 5.37. The Morgan fingerprint density at radius 1 is 0.550 bits per heavy atom. The van der Waals surface area contributed by atoms with Crippen LogP contribution in [-0.4, -0.2) is 6.35 Å². The van der Waals surface area contributed by atoms with E-state index in [1.807, 2.05) is 66.7 Å². The summed E-state index contributed by atoms with van der Waals surface area (Å²) in [4.78, 5) is 0. The first-order valence-corrected chi connectivity index (χ1v) is 14.6. The van der Waals surface area contributed by atoms with Crippen LogP contribution >= 0.6 is 8.38 Å². The molecule has 0 atom stereocenters. The minimum atomic E-state index is -1.53. The van der Waals surface area contributed by atoms with E-state index in [0.717, 1.165) is 62.1 Å².